The number of nitrogens with one attached hydrogen (secondary N) is 2. The lowest BCUT2D eigenvalue weighted by Gasteiger charge is -2.36. The highest BCUT2D eigenvalue weighted by molar-refractivity contribution is 6.24. The van der Waals surface area contributed by atoms with Gasteiger partial charge in [0.1, 0.15) is 5.39 Å². The maximum Gasteiger partial charge on any atom is 0.278 e. The molecule has 0 saturated carbocycles. The van der Waals surface area contributed by atoms with Gasteiger partial charge in [-0.2, -0.15) is 4.98 Å². The molecular formula is C41H42N10O6. The topological polar surface area (TPSA) is 188 Å². The number of carbonyl (C=O) groups excluding carboxylic acids is 4. The number of benzene rings is 2. The molecule has 0 bridgehead atoms. The van der Waals surface area contributed by atoms with Crippen molar-refractivity contribution in [2.45, 2.75) is 57.8 Å². The quantitative estimate of drug-likeness (QED) is 0.0903. The molecule has 4 amide bonds. The van der Waals surface area contributed by atoms with Crippen LogP contribution in [0.5, 0.6) is 0 Å². The molecule has 3 N–H and O–H groups in total. The number of rotatable bonds is 13. The molecule has 2 unspecified atom stereocenters. The molecule has 1 fully saturated rings. The molecule has 57 heavy (non-hydrogen) atoms. The van der Waals surface area contributed by atoms with Gasteiger partial charge in [-0.25, -0.2) is 19.3 Å². The number of aromatic nitrogens is 5. The number of hydrogen-bond donors (Lipinski definition) is 3. The smallest absolute Gasteiger partial charge is 0.278 e. The van der Waals surface area contributed by atoms with Crippen LogP contribution in [0.15, 0.2) is 78.2 Å². The molecule has 16 heteroatoms. The maximum atomic E-state index is 13.6. The van der Waals surface area contributed by atoms with Crippen LogP contribution in [0.2, 0.25) is 0 Å². The lowest BCUT2D eigenvalue weighted by atomic mass is 10.1. The maximum absolute atomic E-state index is 13.6. The van der Waals surface area contributed by atoms with Crippen LogP contribution in [0.3, 0.4) is 0 Å². The fraction of sp³-hybridized carbons (Fsp3) is 0.317. The Morgan fingerprint density at radius 2 is 1.81 bits per heavy atom. The number of nitrogens with zero attached hydrogens (tertiary/aromatic N) is 8. The van der Waals surface area contributed by atoms with Gasteiger partial charge in [0.05, 0.1) is 35.2 Å². The highest BCUT2D eigenvalue weighted by Gasteiger charge is 2.41. The highest BCUT2D eigenvalue weighted by atomic mass is 16.3. The Kier molecular flexibility index (Phi) is 10.2. The van der Waals surface area contributed by atoms with Crippen LogP contribution in [0.4, 0.5) is 17.3 Å². The van der Waals surface area contributed by atoms with Crippen molar-refractivity contribution >= 4 is 52.5 Å². The molecule has 3 aliphatic rings. The average Bonchev–Trinajstić information content (AvgIpc) is 3.82. The van der Waals surface area contributed by atoms with Crippen molar-refractivity contribution < 1.29 is 24.3 Å². The summed E-state index contributed by atoms with van der Waals surface area (Å²) in [5.41, 5.74) is 5.09. The largest absolute Gasteiger partial charge is 0.387 e. The zero-order valence-corrected chi connectivity index (χ0v) is 31.4. The molecule has 0 radical (unpaired) electrons. The van der Waals surface area contributed by atoms with Gasteiger partial charge in [-0.05, 0) is 67.6 Å². The monoisotopic (exact) mass is 770 g/mol. The number of hydrogen-bond acceptors (Lipinski definition) is 12. The van der Waals surface area contributed by atoms with Gasteiger partial charge in [0, 0.05) is 57.1 Å². The number of aryl methyl sites for hydroxylation is 1. The molecule has 8 rings (SSSR count). The number of aliphatic hydroxyl groups is 1. The summed E-state index contributed by atoms with van der Waals surface area (Å²) in [5, 5.41) is 16.2. The van der Waals surface area contributed by atoms with E-state index in [9.17, 15) is 29.1 Å². The minimum absolute atomic E-state index is 0.0179. The molecule has 1 saturated heterocycles. The summed E-state index contributed by atoms with van der Waals surface area (Å²) in [5.74, 6) is -0.416. The van der Waals surface area contributed by atoms with E-state index >= 15 is 0 Å². The number of allylic oxidation sites excluding steroid dienone is 1. The van der Waals surface area contributed by atoms with Gasteiger partial charge in [0.2, 0.25) is 18.3 Å². The zero-order valence-electron chi connectivity index (χ0n) is 31.4. The zero-order chi connectivity index (χ0) is 39.8. The molecule has 3 aromatic heterocycles. The second kappa shape index (κ2) is 15.5. The van der Waals surface area contributed by atoms with Crippen molar-refractivity contribution in [2.75, 3.05) is 36.4 Å². The minimum atomic E-state index is -0.649. The van der Waals surface area contributed by atoms with Crippen molar-refractivity contribution in [1.29, 1.82) is 0 Å². The van der Waals surface area contributed by atoms with Crippen LogP contribution in [-0.4, -0.2) is 95.6 Å². The van der Waals surface area contributed by atoms with E-state index in [4.69, 9.17) is 9.97 Å². The first-order valence-corrected chi connectivity index (χ1v) is 19.0. The first-order valence-electron chi connectivity index (χ1n) is 19.0. The van der Waals surface area contributed by atoms with Gasteiger partial charge in [0.15, 0.2) is 11.5 Å². The fourth-order valence-electron chi connectivity index (χ4n) is 7.93. The molecule has 1 aliphatic carbocycles. The summed E-state index contributed by atoms with van der Waals surface area (Å²) in [6.45, 7) is 9.32. The summed E-state index contributed by atoms with van der Waals surface area (Å²) in [4.78, 5) is 82.3. The minimum Gasteiger partial charge on any atom is -0.387 e. The van der Waals surface area contributed by atoms with E-state index in [-0.39, 0.29) is 36.8 Å². The van der Waals surface area contributed by atoms with Crippen molar-refractivity contribution in [1.82, 2.24) is 39.4 Å². The number of fused-ring (bicyclic) bond motifs is 3. The first-order chi connectivity index (χ1) is 27.6. The second-order valence-corrected chi connectivity index (χ2v) is 14.5. The van der Waals surface area contributed by atoms with Gasteiger partial charge < -0.3 is 15.3 Å². The molecule has 2 aliphatic heterocycles. The molecule has 5 heterocycles. The van der Waals surface area contributed by atoms with Crippen molar-refractivity contribution in [3.63, 3.8) is 0 Å². The fourth-order valence-corrected chi connectivity index (χ4v) is 7.93. The summed E-state index contributed by atoms with van der Waals surface area (Å²) in [6.07, 6.45) is 4.44. The molecule has 0 spiro atoms. The van der Waals surface area contributed by atoms with Gasteiger partial charge in [-0.3, -0.25) is 39.1 Å². The lowest BCUT2D eigenvalue weighted by molar-refractivity contribution is -0.125. The Morgan fingerprint density at radius 3 is 2.56 bits per heavy atom. The van der Waals surface area contributed by atoms with E-state index in [0.717, 1.165) is 48.6 Å². The summed E-state index contributed by atoms with van der Waals surface area (Å²) < 4.78 is 3.16. The van der Waals surface area contributed by atoms with E-state index in [2.05, 4.69) is 32.0 Å². The number of carbonyl (C=O) groups is 4. The van der Waals surface area contributed by atoms with Gasteiger partial charge >= 0.3 is 0 Å². The Bertz CT molecular complexity index is 2470. The molecular weight excluding hydrogens is 729 g/mol. The van der Waals surface area contributed by atoms with Crippen LogP contribution < -0.4 is 21.1 Å². The Morgan fingerprint density at radius 1 is 1.02 bits per heavy atom. The van der Waals surface area contributed by atoms with Crippen LogP contribution in [0.1, 0.15) is 69.8 Å². The molecule has 292 valence electrons. The Labute approximate surface area is 327 Å². The normalized spacial score (nSPS) is 17.1. The Balaban J connectivity index is 0.917. The predicted octanol–water partition coefficient (Wildman–Crippen LogP) is 3.25. The van der Waals surface area contributed by atoms with E-state index in [1.54, 1.807) is 29.8 Å². The van der Waals surface area contributed by atoms with Crippen LogP contribution in [-0.2, 0) is 29.1 Å². The third-order valence-electron chi connectivity index (χ3n) is 10.9. The third-order valence-corrected chi connectivity index (χ3v) is 10.9. The predicted molar refractivity (Wildman–Crippen MR) is 211 cm³/mol. The Hall–Kier alpha value is -6.52. The van der Waals surface area contributed by atoms with Gasteiger partial charge in [-0.15, -0.1) is 6.58 Å². The second-order valence-electron chi connectivity index (χ2n) is 14.5. The first kappa shape index (κ1) is 37.4. The number of aliphatic hydroxyl groups excluding tert-OH is 1. The van der Waals surface area contributed by atoms with E-state index in [1.807, 2.05) is 42.5 Å². The van der Waals surface area contributed by atoms with Gasteiger partial charge in [0.25, 0.3) is 17.4 Å². The van der Waals surface area contributed by atoms with E-state index < -0.39 is 18.1 Å². The van der Waals surface area contributed by atoms with E-state index in [0.29, 0.717) is 65.5 Å². The summed E-state index contributed by atoms with van der Waals surface area (Å²) in [6, 6.07) is 16.6. The number of piperazine rings is 1. The number of anilines is 3. The number of pyridine rings is 1. The molecule has 5 aromatic rings. The molecule has 2 aromatic carbocycles. The third kappa shape index (κ3) is 7.08. The van der Waals surface area contributed by atoms with Crippen molar-refractivity contribution in [2.24, 2.45) is 0 Å². The lowest BCUT2D eigenvalue weighted by Crippen LogP contribution is -2.46. The summed E-state index contributed by atoms with van der Waals surface area (Å²) in [7, 11) is 0. The SMILES string of the molecule is C=CCn1c(=O)c2cnc(Nc3ccc(CN4CCN(c5cccc6c5C(=O)N(C(C)CCC(=O)NC=O)C6=O)CC4)cc3)nc2n1-c1ccc2c(n1)C(O)CC2. The highest BCUT2D eigenvalue weighted by Crippen LogP contribution is 2.34. The average molecular weight is 771 g/mol. The van der Waals surface area contributed by atoms with Crippen LogP contribution >= 0.6 is 0 Å². The summed E-state index contributed by atoms with van der Waals surface area (Å²) >= 11 is 0. The van der Waals surface area contributed by atoms with Crippen molar-refractivity contribution in [3.05, 3.63) is 112 Å². The number of imide groups is 2. The van der Waals surface area contributed by atoms with E-state index in [1.165, 1.54) is 15.8 Å². The molecule has 16 nitrogen and oxygen atoms in total. The number of amides is 4. The molecule has 2 atom stereocenters. The van der Waals surface area contributed by atoms with Crippen molar-refractivity contribution in [3.8, 4) is 5.82 Å². The van der Waals surface area contributed by atoms with Crippen LogP contribution in [0.25, 0.3) is 16.9 Å². The van der Waals surface area contributed by atoms with Gasteiger partial charge in [-0.1, -0.05) is 30.3 Å². The standard InChI is InChI=1S/C41H42N10O6/c1-3-17-49-38(55)30-22-42-41(46-37(30)51(49)33-15-11-27-10-14-32(53)36(27)45-33)44-28-12-8-26(9-13-28)23-47-18-20-48(21-19-47)31-6-4-5-29-35(31)40(57)50(39(29)56)25(2)7-16-34(54)43-24-52/h3-6,8-9,11-13,15,22,24-25,32,53H,1,7,10,14,16-21,23H2,2H3,(H,42,44,46)(H,43,52,54). The van der Waals surface area contributed by atoms with Crippen LogP contribution in [0, 0.1) is 0 Å².